The summed E-state index contributed by atoms with van der Waals surface area (Å²) in [6.07, 6.45) is 6.48. The molecular weight excluding hydrogens is 254 g/mol. The molecule has 2 N–H and O–H groups in total. The van der Waals surface area contributed by atoms with Gasteiger partial charge in [0.2, 0.25) is 5.88 Å². The molecule has 6 heteroatoms. The summed E-state index contributed by atoms with van der Waals surface area (Å²) < 4.78 is 5.19. The molecule has 0 fully saturated rings. The van der Waals surface area contributed by atoms with Crippen molar-refractivity contribution in [2.24, 2.45) is 5.73 Å². The number of benzene rings is 1. The largest absolute Gasteiger partial charge is 0.480 e. The zero-order valence-corrected chi connectivity index (χ0v) is 10.9. The summed E-state index contributed by atoms with van der Waals surface area (Å²) >= 11 is 0. The highest BCUT2D eigenvalue weighted by atomic mass is 16.5. The van der Waals surface area contributed by atoms with E-state index >= 15 is 0 Å². The number of methoxy groups -OCH3 is 1. The van der Waals surface area contributed by atoms with Crippen LogP contribution in [0.25, 0.3) is 11.0 Å². The van der Waals surface area contributed by atoms with Crippen LogP contribution in [0.1, 0.15) is 17.3 Å². The van der Waals surface area contributed by atoms with Crippen LogP contribution < -0.4 is 10.5 Å². The van der Waals surface area contributed by atoms with Gasteiger partial charge in [-0.25, -0.2) is 4.98 Å². The van der Waals surface area contributed by atoms with Gasteiger partial charge in [0.15, 0.2) is 0 Å². The van der Waals surface area contributed by atoms with Gasteiger partial charge in [-0.2, -0.15) is 0 Å². The molecule has 0 bridgehead atoms. The molecular formula is C14H13N5O. The van der Waals surface area contributed by atoms with E-state index in [1.165, 1.54) is 0 Å². The molecule has 3 rings (SSSR count). The number of nitrogens with zero attached hydrogens (tertiary/aromatic N) is 4. The minimum Gasteiger partial charge on any atom is -0.480 e. The number of ether oxygens (including phenoxy) is 1. The smallest absolute Gasteiger partial charge is 0.237 e. The first-order chi connectivity index (χ1) is 9.79. The zero-order chi connectivity index (χ0) is 13.9. The highest BCUT2D eigenvalue weighted by Crippen LogP contribution is 2.25. The average molecular weight is 267 g/mol. The van der Waals surface area contributed by atoms with Crippen LogP contribution in [0.5, 0.6) is 5.88 Å². The molecule has 1 atom stereocenters. The third-order valence-electron chi connectivity index (χ3n) is 3.03. The van der Waals surface area contributed by atoms with Crippen molar-refractivity contribution in [2.45, 2.75) is 6.04 Å². The lowest BCUT2D eigenvalue weighted by atomic mass is 10.0. The van der Waals surface area contributed by atoms with Crippen LogP contribution in [0.2, 0.25) is 0 Å². The van der Waals surface area contributed by atoms with Crippen LogP contribution in [0.4, 0.5) is 0 Å². The Balaban J connectivity index is 2.05. The van der Waals surface area contributed by atoms with Gasteiger partial charge in [0.25, 0.3) is 0 Å². The minimum absolute atomic E-state index is 0.426. The summed E-state index contributed by atoms with van der Waals surface area (Å²) in [5, 5.41) is 0. The first-order valence-electron chi connectivity index (χ1n) is 6.10. The Bertz CT molecular complexity index is 746. The quantitative estimate of drug-likeness (QED) is 0.773. The lowest BCUT2D eigenvalue weighted by molar-refractivity contribution is 0.387. The number of rotatable bonds is 3. The Morgan fingerprint density at radius 3 is 2.45 bits per heavy atom. The second kappa shape index (κ2) is 5.18. The maximum atomic E-state index is 6.25. The molecule has 0 saturated carbocycles. The van der Waals surface area contributed by atoms with E-state index in [-0.39, 0.29) is 0 Å². The monoisotopic (exact) mass is 267 g/mol. The van der Waals surface area contributed by atoms with Crippen molar-refractivity contribution < 1.29 is 4.74 Å². The van der Waals surface area contributed by atoms with Crippen molar-refractivity contribution in [3.8, 4) is 5.88 Å². The predicted octanol–water partition coefficient (Wildman–Crippen LogP) is 1.48. The first kappa shape index (κ1) is 12.4. The second-order valence-corrected chi connectivity index (χ2v) is 4.23. The van der Waals surface area contributed by atoms with Crippen molar-refractivity contribution >= 4 is 11.0 Å². The van der Waals surface area contributed by atoms with E-state index in [0.29, 0.717) is 11.6 Å². The third-order valence-corrected chi connectivity index (χ3v) is 3.03. The maximum Gasteiger partial charge on any atom is 0.237 e. The molecule has 2 aromatic heterocycles. The number of hydrogen-bond donors (Lipinski definition) is 1. The molecule has 0 spiro atoms. The van der Waals surface area contributed by atoms with Crippen molar-refractivity contribution in [1.82, 2.24) is 19.9 Å². The van der Waals surface area contributed by atoms with Crippen LogP contribution in [0, 0.1) is 0 Å². The van der Waals surface area contributed by atoms with Crippen molar-refractivity contribution in [3.05, 3.63) is 54.2 Å². The molecule has 100 valence electrons. The van der Waals surface area contributed by atoms with Crippen LogP contribution in [0.3, 0.4) is 0 Å². The Hall–Kier alpha value is -2.60. The van der Waals surface area contributed by atoms with Crippen LogP contribution in [0.15, 0.2) is 43.0 Å². The zero-order valence-electron chi connectivity index (χ0n) is 10.9. The standard InChI is InChI=1S/C14H13N5O/c1-20-14-13(18-6-7-19-14)12(15)9-2-3-10-11(8-9)17-5-4-16-10/h2-8,12H,15H2,1H3. The van der Waals surface area contributed by atoms with Crippen molar-refractivity contribution in [3.63, 3.8) is 0 Å². The SMILES string of the molecule is COc1nccnc1C(N)c1ccc2nccnc2c1. The van der Waals surface area contributed by atoms with E-state index in [0.717, 1.165) is 16.6 Å². The summed E-state index contributed by atoms with van der Waals surface area (Å²) in [6.45, 7) is 0. The summed E-state index contributed by atoms with van der Waals surface area (Å²) in [4.78, 5) is 16.9. The molecule has 20 heavy (non-hydrogen) atoms. The van der Waals surface area contributed by atoms with E-state index in [2.05, 4.69) is 19.9 Å². The fraction of sp³-hybridized carbons (Fsp3) is 0.143. The maximum absolute atomic E-state index is 6.25. The second-order valence-electron chi connectivity index (χ2n) is 4.23. The molecule has 2 heterocycles. The van der Waals surface area contributed by atoms with Crippen LogP contribution >= 0.6 is 0 Å². The van der Waals surface area contributed by atoms with Gasteiger partial charge in [-0.3, -0.25) is 15.0 Å². The number of hydrogen-bond acceptors (Lipinski definition) is 6. The van der Waals surface area contributed by atoms with Gasteiger partial charge < -0.3 is 10.5 Å². The predicted molar refractivity (Wildman–Crippen MR) is 74.2 cm³/mol. The molecule has 0 aliphatic heterocycles. The Kier molecular flexibility index (Phi) is 3.22. The van der Waals surface area contributed by atoms with E-state index in [4.69, 9.17) is 10.5 Å². The fourth-order valence-electron chi connectivity index (χ4n) is 2.04. The number of nitrogens with two attached hydrogens (primary N) is 1. The molecule has 3 aromatic rings. The first-order valence-corrected chi connectivity index (χ1v) is 6.10. The van der Waals surface area contributed by atoms with Crippen LogP contribution in [-0.2, 0) is 0 Å². The van der Waals surface area contributed by atoms with Gasteiger partial charge in [0.05, 0.1) is 24.2 Å². The van der Waals surface area contributed by atoms with Gasteiger partial charge in [-0.15, -0.1) is 0 Å². The summed E-state index contributed by atoms with van der Waals surface area (Å²) in [6, 6.07) is 5.28. The van der Waals surface area contributed by atoms with E-state index in [9.17, 15) is 0 Å². The Morgan fingerprint density at radius 2 is 1.65 bits per heavy atom. The summed E-state index contributed by atoms with van der Waals surface area (Å²) in [5.41, 5.74) is 9.36. The van der Waals surface area contributed by atoms with E-state index < -0.39 is 6.04 Å². The van der Waals surface area contributed by atoms with Gasteiger partial charge in [0, 0.05) is 24.8 Å². The molecule has 0 amide bonds. The van der Waals surface area contributed by atoms with Gasteiger partial charge in [-0.05, 0) is 17.7 Å². The average Bonchev–Trinajstić information content (AvgIpc) is 2.53. The van der Waals surface area contributed by atoms with E-state index in [1.54, 1.807) is 31.9 Å². The highest BCUT2D eigenvalue weighted by Gasteiger charge is 2.17. The minimum atomic E-state index is -0.426. The molecule has 0 radical (unpaired) electrons. The molecule has 0 aliphatic rings. The fourth-order valence-corrected chi connectivity index (χ4v) is 2.04. The highest BCUT2D eigenvalue weighted by molar-refractivity contribution is 5.74. The number of fused-ring (bicyclic) bond motifs is 1. The lowest BCUT2D eigenvalue weighted by Gasteiger charge is -2.14. The molecule has 0 aliphatic carbocycles. The Morgan fingerprint density at radius 1 is 0.950 bits per heavy atom. The van der Waals surface area contributed by atoms with Crippen LogP contribution in [-0.4, -0.2) is 27.0 Å². The van der Waals surface area contributed by atoms with Crippen molar-refractivity contribution in [2.75, 3.05) is 7.11 Å². The Labute approximate surface area is 115 Å². The van der Waals surface area contributed by atoms with Gasteiger partial charge in [-0.1, -0.05) is 6.07 Å². The molecule has 6 nitrogen and oxygen atoms in total. The van der Waals surface area contributed by atoms with Crippen molar-refractivity contribution in [1.29, 1.82) is 0 Å². The van der Waals surface area contributed by atoms with Gasteiger partial charge in [0.1, 0.15) is 5.69 Å². The van der Waals surface area contributed by atoms with Gasteiger partial charge >= 0.3 is 0 Å². The normalized spacial score (nSPS) is 12.3. The topological polar surface area (TPSA) is 86.8 Å². The van der Waals surface area contributed by atoms with E-state index in [1.807, 2.05) is 18.2 Å². The number of aromatic nitrogens is 4. The molecule has 1 aromatic carbocycles. The lowest BCUT2D eigenvalue weighted by Crippen LogP contribution is -2.15. The molecule has 0 saturated heterocycles. The molecule has 1 unspecified atom stereocenters. The third kappa shape index (κ3) is 2.17. The summed E-state index contributed by atoms with van der Waals surface area (Å²) in [7, 11) is 1.55. The summed E-state index contributed by atoms with van der Waals surface area (Å²) in [5.74, 6) is 0.430.